The third-order valence-electron chi connectivity index (χ3n) is 3.67. The highest BCUT2D eigenvalue weighted by Crippen LogP contribution is 2.40. The van der Waals surface area contributed by atoms with Crippen molar-refractivity contribution < 1.29 is 18.9 Å². The molecule has 0 amide bonds. The maximum atomic E-state index is 6.26. The van der Waals surface area contributed by atoms with Crippen molar-refractivity contribution in [3.63, 3.8) is 0 Å². The van der Waals surface area contributed by atoms with Crippen LogP contribution < -0.4 is 20.9 Å². The van der Waals surface area contributed by atoms with Crippen LogP contribution in [0.3, 0.4) is 0 Å². The highest BCUT2D eigenvalue weighted by molar-refractivity contribution is 5.89. The summed E-state index contributed by atoms with van der Waals surface area (Å²) in [7, 11) is 3.14. The number of nitrogens with two attached hydrogens (primary N) is 2. The standard InChI is InChI=1S/C18H24N2O4/c1-11(21-3)23-15-9-5-7-13(17(15)19)14-8-6-10-16(18(14)20)24-12(2)22-4/h5-12H,19-20H2,1-4H3. The maximum Gasteiger partial charge on any atom is 0.196 e. The molecule has 0 bridgehead atoms. The molecule has 4 N–H and O–H groups in total. The Morgan fingerprint density at radius 1 is 0.708 bits per heavy atom. The van der Waals surface area contributed by atoms with E-state index in [1.165, 1.54) is 0 Å². The molecular formula is C18H24N2O4. The van der Waals surface area contributed by atoms with Crippen LogP contribution in [-0.4, -0.2) is 26.8 Å². The van der Waals surface area contributed by atoms with Crippen molar-refractivity contribution in [1.29, 1.82) is 0 Å². The first-order valence-corrected chi connectivity index (χ1v) is 7.64. The van der Waals surface area contributed by atoms with Crippen LogP contribution in [0.5, 0.6) is 11.5 Å². The van der Waals surface area contributed by atoms with E-state index in [0.717, 1.165) is 11.1 Å². The Balaban J connectivity index is 2.42. The monoisotopic (exact) mass is 332 g/mol. The smallest absolute Gasteiger partial charge is 0.196 e. The molecule has 0 aliphatic carbocycles. The molecule has 2 aromatic rings. The van der Waals surface area contributed by atoms with E-state index in [-0.39, 0.29) is 0 Å². The lowest BCUT2D eigenvalue weighted by Crippen LogP contribution is -2.15. The van der Waals surface area contributed by atoms with Gasteiger partial charge in [0.15, 0.2) is 12.6 Å². The second kappa shape index (κ2) is 7.90. The van der Waals surface area contributed by atoms with Crippen LogP contribution in [0, 0.1) is 0 Å². The Morgan fingerprint density at radius 3 is 1.42 bits per heavy atom. The minimum absolute atomic E-state index is 0.405. The van der Waals surface area contributed by atoms with Crippen molar-refractivity contribution in [1.82, 2.24) is 0 Å². The number of hydrogen-bond acceptors (Lipinski definition) is 6. The molecule has 2 atom stereocenters. The molecule has 2 rings (SSSR count). The third kappa shape index (κ3) is 3.90. The minimum Gasteiger partial charge on any atom is -0.463 e. The van der Waals surface area contributed by atoms with Gasteiger partial charge in [0.05, 0.1) is 11.4 Å². The molecule has 24 heavy (non-hydrogen) atoms. The lowest BCUT2D eigenvalue weighted by molar-refractivity contribution is -0.0381. The Labute approximate surface area is 142 Å². The van der Waals surface area contributed by atoms with Gasteiger partial charge in [-0.25, -0.2) is 0 Å². The van der Waals surface area contributed by atoms with Gasteiger partial charge in [0.2, 0.25) is 0 Å². The molecule has 0 aromatic heterocycles. The molecule has 0 spiro atoms. The Hall–Kier alpha value is -2.44. The molecule has 6 nitrogen and oxygen atoms in total. The predicted molar refractivity (Wildman–Crippen MR) is 94.9 cm³/mol. The van der Waals surface area contributed by atoms with Crippen molar-refractivity contribution in [2.24, 2.45) is 0 Å². The number of ether oxygens (including phenoxy) is 4. The van der Waals surface area contributed by atoms with E-state index in [4.69, 9.17) is 30.4 Å². The number of benzene rings is 2. The van der Waals surface area contributed by atoms with Crippen LogP contribution in [0.25, 0.3) is 11.1 Å². The second-order valence-corrected chi connectivity index (χ2v) is 5.28. The van der Waals surface area contributed by atoms with Gasteiger partial charge < -0.3 is 30.4 Å². The average molecular weight is 332 g/mol. The zero-order chi connectivity index (χ0) is 17.7. The molecule has 0 heterocycles. The van der Waals surface area contributed by atoms with Crippen LogP contribution >= 0.6 is 0 Å². The minimum atomic E-state index is -0.405. The van der Waals surface area contributed by atoms with Crippen LogP contribution in [0.15, 0.2) is 36.4 Å². The Bertz CT molecular complexity index is 631. The summed E-state index contributed by atoms with van der Waals surface area (Å²) in [5, 5.41) is 0. The fraction of sp³-hybridized carbons (Fsp3) is 0.333. The molecule has 6 heteroatoms. The Kier molecular flexibility index (Phi) is 5.89. The third-order valence-corrected chi connectivity index (χ3v) is 3.67. The average Bonchev–Trinajstić information content (AvgIpc) is 2.58. The van der Waals surface area contributed by atoms with Gasteiger partial charge in [0.25, 0.3) is 0 Å². The Morgan fingerprint density at radius 2 is 1.08 bits per heavy atom. The molecule has 0 saturated heterocycles. The number of anilines is 2. The van der Waals surface area contributed by atoms with Crippen LogP contribution in [0.1, 0.15) is 13.8 Å². The van der Waals surface area contributed by atoms with Crippen molar-refractivity contribution in [3.8, 4) is 22.6 Å². The fourth-order valence-electron chi connectivity index (χ4n) is 2.22. The lowest BCUT2D eigenvalue weighted by atomic mass is 10.0. The van der Waals surface area contributed by atoms with E-state index in [1.54, 1.807) is 40.2 Å². The van der Waals surface area contributed by atoms with E-state index < -0.39 is 12.6 Å². The number of methoxy groups -OCH3 is 2. The van der Waals surface area contributed by atoms with Crippen LogP contribution in [-0.2, 0) is 9.47 Å². The van der Waals surface area contributed by atoms with Crippen LogP contribution in [0.2, 0.25) is 0 Å². The summed E-state index contributed by atoms with van der Waals surface area (Å²) in [4.78, 5) is 0. The molecule has 2 unspecified atom stereocenters. The first-order chi connectivity index (χ1) is 11.5. The van der Waals surface area contributed by atoms with Crippen molar-refractivity contribution in [2.75, 3.05) is 25.7 Å². The number of hydrogen-bond donors (Lipinski definition) is 2. The summed E-state index contributed by atoms with van der Waals surface area (Å²) < 4.78 is 21.6. The van der Waals surface area contributed by atoms with Gasteiger partial charge in [-0.15, -0.1) is 0 Å². The van der Waals surface area contributed by atoms with Crippen molar-refractivity contribution in [3.05, 3.63) is 36.4 Å². The fourth-order valence-corrected chi connectivity index (χ4v) is 2.22. The van der Waals surface area contributed by atoms with Gasteiger partial charge in [0, 0.05) is 25.3 Å². The maximum absolute atomic E-state index is 6.26. The van der Waals surface area contributed by atoms with E-state index in [9.17, 15) is 0 Å². The highest BCUT2D eigenvalue weighted by Gasteiger charge is 2.15. The summed E-state index contributed by atoms with van der Waals surface area (Å²) in [5.74, 6) is 1.08. The molecular weight excluding hydrogens is 308 g/mol. The summed E-state index contributed by atoms with van der Waals surface area (Å²) in [6.45, 7) is 3.59. The van der Waals surface area contributed by atoms with Gasteiger partial charge in [-0.1, -0.05) is 24.3 Å². The van der Waals surface area contributed by atoms with Gasteiger partial charge in [-0.3, -0.25) is 0 Å². The van der Waals surface area contributed by atoms with E-state index in [2.05, 4.69) is 0 Å². The van der Waals surface area contributed by atoms with E-state index >= 15 is 0 Å². The molecule has 0 saturated carbocycles. The van der Waals surface area contributed by atoms with E-state index in [0.29, 0.717) is 22.9 Å². The molecule has 0 radical (unpaired) electrons. The summed E-state index contributed by atoms with van der Waals surface area (Å²) in [6, 6.07) is 11.1. The van der Waals surface area contributed by atoms with Crippen LogP contribution in [0.4, 0.5) is 11.4 Å². The molecule has 130 valence electrons. The van der Waals surface area contributed by atoms with Gasteiger partial charge in [-0.05, 0) is 26.0 Å². The van der Waals surface area contributed by atoms with Gasteiger partial charge >= 0.3 is 0 Å². The summed E-state index contributed by atoms with van der Waals surface area (Å²) >= 11 is 0. The topological polar surface area (TPSA) is 89.0 Å². The highest BCUT2D eigenvalue weighted by atomic mass is 16.7. The summed E-state index contributed by atoms with van der Waals surface area (Å²) in [5.41, 5.74) is 15.0. The largest absolute Gasteiger partial charge is 0.463 e. The molecule has 0 fully saturated rings. The first kappa shape index (κ1) is 17.9. The normalized spacial score (nSPS) is 13.3. The van der Waals surface area contributed by atoms with Crippen molar-refractivity contribution in [2.45, 2.75) is 26.4 Å². The first-order valence-electron chi connectivity index (χ1n) is 7.64. The molecule has 2 aromatic carbocycles. The van der Waals surface area contributed by atoms with Crippen molar-refractivity contribution >= 4 is 11.4 Å². The predicted octanol–water partition coefficient (Wildman–Crippen LogP) is 3.26. The lowest BCUT2D eigenvalue weighted by Gasteiger charge is -2.19. The number of nitrogen functional groups attached to an aromatic ring is 2. The number of rotatable bonds is 7. The van der Waals surface area contributed by atoms with E-state index in [1.807, 2.05) is 24.3 Å². The zero-order valence-corrected chi connectivity index (χ0v) is 14.4. The quantitative estimate of drug-likeness (QED) is 0.597. The van der Waals surface area contributed by atoms with Gasteiger partial charge in [-0.2, -0.15) is 0 Å². The second-order valence-electron chi connectivity index (χ2n) is 5.28. The number of para-hydroxylation sites is 2. The van der Waals surface area contributed by atoms with Gasteiger partial charge in [0.1, 0.15) is 11.5 Å². The summed E-state index contributed by atoms with van der Waals surface area (Å²) in [6.07, 6.45) is -0.811. The zero-order valence-electron chi connectivity index (χ0n) is 14.4. The molecule has 0 aliphatic heterocycles. The molecule has 0 aliphatic rings. The SMILES string of the molecule is COC(C)Oc1cccc(-c2cccc(OC(C)OC)c2N)c1N.